The number of methoxy groups -OCH3 is 1. The van der Waals surface area contributed by atoms with Crippen LogP contribution >= 0.6 is 0 Å². The third-order valence-electron chi connectivity index (χ3n) is 2.59. The van der Waals surface area contributed by atoms with Gasteiger partial charge in [-0.1, -0.05) is 6.07 Å². The minimum Gasteiger partial charge on any atom is -0.504 e. The van der Waals surface area contributed by atoms with Crippen LogP contribution in [0, 0.1) is 0 Å². The van der Waals surface area contributed by atoms with Gasteiger partial charge in [-0.25, -0.2) is 0 Å². The van der Waals surface area contributed by atoms with Gasteiger partial charge in [-0.2, -0.15) is 0 Å². The highest BCUT2D eigenvalue weighted by atomic mass is 16.7. The minimum atomic E-state index is -0.228. The van der Waals surface area contributed by atoms with Crippen molar-refractivity contribution in [3.63, 3.8) is 0 Å². The van der Waals surface area contributed by atoms with Crippen LogP contribution in [0.3, 0.4) is 0 Å². The van der Waals surface area contributed by atoms with Crippen molar-refractivity contribution in [2.24, 2.45) is 0 Å². The Kier molecular flexibility index (Phi) is 7.25. The van der Waals surface area contributed by atoms with Crippen LogP contribution in [0.1, 0.15) is 19.4 Å². The number of aromatic hydroxyl groups is 1. The Morgan fingerprint density at radius 1 is 1.21 bits per heavy atom. The van der Waals surface area contributed by atoms with Crippen molar-refractivity contribution in [3.8, 4) is 11.5 Å². The van der Waals surface area contributed by atoms with Gasteiger partial charge in [-0.15, -0.1) is 0 Å². The first kappa shape index (κ1) is 15.8. The molecule has 1 aromatic rings. The number of nitrogens with one attached hydrogen (secondary N) is 1. The lowest BCUT2D eigenvalue weighted by Crippen LogP contribution is -2.31. The SMILES string of the molecule is CCOC(CNCc1ccc(O)c(OC)c1)OCC. The summed E-state index contributed by atoms with van der Waals surface area (Å²) >= 11 is 0. The van der Waals surface area contributed by atoms with E-state index in [0.717, 1.165) is 5.56 Å². The second kappa shape index (κ2) is 8.74. The zero-order valence-corrected chi connectivity index (χ0v) is 11.8. The zero-order chi connectivity index (χ0) is 14.1. The van der Waals surface area contributed by atoms with Gasteiger partial charge < -0.3 is 24.6 Å². The summed E-state index contributed by atoms with van der Waals surface area (Å²) in [6.45, 7) is 6.41. The van der Waals surface area contributed by atoms with Crippen molar-refractivity contribution in [3.05, 3.63) is 23.8 Å². The first-order valence-electron chi connectivity index (χ1n) is 6.51. The fourth-order valence-electron chi connectivity index (χ4n) is 1.70. The van der Waals surface area contributed by atoms with E-state index >= 15 is 0 Å². The van der Waals surface area contributed by atoms with Crippen LogP contribution in [0.4, 0.5) is 0 Å². The van der Waals surface area contributed by atoms with E-state index in [1.807, 2.05) is 19.9 Å². The summed E-state index contributed by atoms with van der Waals surface area (Å²) in [6.07, 6.45) is -0.228. The van der Waals surface area contributed by atoms with Gasteiger partial charge in [0, 0.05) is 26.3 Å². The number of phenols is 1. The maximum absolute atomic E-state index is 9.50. The minimum absolute atomic E-state index is 0.146. The molecular formula is C14H23NO4. The van der Waals surface area contributed by atoms with Crippen molar-refractivity contribution in [2.75, 3.05) is 26.9 Å². The van der Waals surface area contributed by atoms with Gasteiger partial charge in [0.2, 0.25) is 0 Å². The highest BCUT2D eigenvalue weighted by Crippen LogP contribution is 2.26. The van der Waals surface area contributed by atoms with Crippen LogP contribution in [-0.2, 0) is 16.0 Å². The van der Waals surface area contributed by atoms with E-state index in [4.69, 9.17) is 14.2 Å². The molecule has 5 heteroatoms. The summed E-state index contributed by atoms with van der Waals surface area (Å²) in [4.78, 5) is 0. The Morgan fingerprint density at radius 2 is 1.89 bits per heavy atom. The molecule has 0 atom stereocenters. The van der Waals surface area contributed by atoms with Gasteiger partial charge in [0.05, 0.1) is 7.11 Å². The number of hydrogen-bond donors (Lipinski definition) is 2. The lowest BCUT2D eigenvalue weighted by atomic mass is 10.2. The molecule has 1 aromatic carbocycles. The van der Waals surface area contributed by atoms with Crippen LogP contribution < -0.4 is 10.1 Å². The molecule has 0 aliphatic rings. The largest absolute Gasteiger partial charge is 0.504 e. The third-order valence-corrected chi connectivity index (χ3v) is 2.59. The van der Waals surface area contributed by atoms with Crippen molar-refractivity contribution in [1.82, 2.24) is 5.32 Å². The normalized spacial score (nSPS) is 10.9. The van der Waals surface area contributed by atoms with E-state index in [1.54, 1.807) is 12.1 Å². The third kappa shape index (κ3) is 5.46. The first-order chi connectivity index (χ1) is 9.21. The molecule has 5 nitrogen and oxygen atoms in total. The quantitative estimate of drug-likeness (QED) is 0.670. The summed E-state index contributed by atoms with van der Waals surface area (Å²) in [5.41, 5.74) is 1.03. The molecule has 0 aliphatic heterocycles. The predicted molar refractivity (Wildman–Crippen MR) is 73.4 cm³/mol. The highest BCUT2D eigenvalue weighted by molar-refractivity contribution is 5.41. The number of ether oxygens (including phenoxy) is 3. The van der Waals surface area contributed by atoms with E-state index in [1.165, 1.54) is 7.11 Å². The van der Waals surface area contributed by atoms with Gasteiger partial charge >= 0.3 is 0 Å². The maximum atomic E-state index is 9.50. The molecule has 108 valence electrons. The van der Waals surface area contributed by atoms with Crippen LogP contribution in [0.2, 0.25) is 0 Å². The summed E-state index contributed by atoms with van der Waals surface area (Å²) in [5, 5.41) is 12.8. The molecule has 0 radical (unpaired) electrons. The standard InChI is InChI=1S/C14H23NO4/c1-4-18-14(19-5-2)10-15-9-11-6-7-12(16)13(8-11)17-3/h6-8,14-16H,4-5,9-10H2,1-3H3. The number of benzene rings is 1. The molecule has 0 amide bonds. The number of phenolic OH excluding ortho intramolecular Hbond substituents is 1. The van der Waals surface area contributed by atoms with Gasteiger partial charge in [0.1, 0.15) is 0 Å². The smallest absolute Gasteiger partial charge is 0.169 e. The monoisotopic (exact) mass is 269 g/mol. The molecular weight excluding hydrogens is 246 g/mol. The Labute approximate surface area is 114 Å². The second-order valence-corrected chi connectivity index (χ2v) is 3.98. The number of rotatable bonds is 9. The Balaban J connectivity index is 2.43. The summed E-state index contributed by atoms with van der Waals surface area (Å²) in [7, 11) is 1.53. The fraction of sp³-hybridized carbons (Fsp3) is 0.571. The summed E-state index contributed by atoms with van der Waals surface area (Å²) in [5.74, 6) is 0.623. The van der Waals surface area contributed by atoms with Gasteiger partial charge in [-0.05, 0) is 31.5 Å². The van der Waals surface area contributed by atoms with E-state index in [9.17, 15) is 5.11 Å². The lowest BCUT2D eigenvalue weighted by molar-refractivity contribution is -0.133. The molecule has 0 bridgehead atoms. The molecule has 0 saturated carbocycles. The van der Waals surface area contributed by atoms with E-state index < -0.39 is 0 Å². The van der Waals surface area contributed by atoms with Gasteiger partial charge in [-0.3, -0.25) is 0 Å². The molecule has 0 heterocycles. The Hall–Kier alpha value is -1.30. The van der Waals surface area contributed by atoms with Crippen LogP contribution in [0.5, 0.6) is 11.5 Å². The molecule has 0 saturated heterocycles. The predicted octanol–water partition coefficient (Wildman–Crippen LogP) is 1.89. The van der Waals surface area contributed by atoms with Gasteiger partial charge in [0.25, 0.3) is 0 Å². The molecule has 0 aliphatic carbocycles. The average molecular weight is 269 g/mol. The van der Waals surface area contributed by atoms with E-state index in [0.29, 0.717) is 32.1 Å². The summed E-state index contributed by atoms with van der Waals surface area (Å²) < 4.78 is 15.9. The topological polar surface area (TPSA) is 60.0 Å². The fourth-order valence-corrected chi connectivity index (χ4v) is 1.70. The van der Waals surface area contributed by atoms with Crippen LogP contribution in [0.15, 0.2) is 18.2 Å². The molecule has 0 spiro atoms. The molecule has 2 N–H and O–H groups in total. The maximum Gasteiger partial charge on any atom is 0.169 e. The molecule has 0 fully saturated rings. The van der Waals surface area contributed by atoms with E-state index in [-0.39, 0.29) is 12.0 Å². The molecule has 1 rings (SSSR count). The highest BCUT2D eigenvalue weighted by Gasteiger charge is 2.07. The van der Waals surface area contributed by atoms with Crippen molar-refractivity contribution in [2.45, 2.75) is 26.7 Å². The molecule has 19 heavy (non-hydrogen) atoms. The van der Waals surface area contributed by atoms with E-state index in [2.05, 4.69) is 5.32 Å². The zero-order valence-electron chi connectivity index (χ0n) is 11.8. The van der Waals surface area contributed by atoms with Crippen LogP contribution in [0.25, 0.3) is 0 Å². The van der Waals surface area contributed by atoms with Crippen molar-refractivity contribution >= 4 is 0 Å². The molecule has 0 unspecified atom stereocenters. The molecule has 0 aromatic heterocycles. The Morgan fingerprint density at radius 3 is 2.47 bits per heavy atom. The second-order valence-electron chi connectivity index (χ2n) is 3.98. The Bertz CT molecular complexity index is 364. The summed E-state index contributed by atoms with van der Waals surface area (Å²) in [6, 6.07) is 5.28. The first-order valence-corrected chi connectivity index (χ1v) is 6.51. The van der Waals surface area contributed by atoms with Crippen molar-refractivity contribution < 1.29 is 19.3 Å². The average Bonchev–Trinajstić information content (AvgIpc) is 2.41. The number of hydrogen-bond acceptors (Lipinski definition) is 5. The van der Waals surface area contributed by atoms with Crippen LogP contribution in [-0.4, -0.2) is 38.3 Å². The lowest BCUT2D eigenvalue weighted by Gasteiger charge is -2.17. The van der Waals surface area contributed by atoms with Crippen molar-refractivity contribution in [1.29, 1.82) is 0 Å². The van der Waals surface area contributed by atoms with Gasteiger partial charge in [0.15, 0.2) is 17.8 Å².